The van der Waals surface area contributed by atoms with E-state index in [0.29, 0.717) is 32.1 Å². The summed E-state index contributed by atoms with van der Waals surface area (Å²) in [5, 5.41) is 0. The second-order valence-electron chi connectivity index (χ2n) is 7.07. The highest BCUT2D eigenvalue weighted by Gasteiger charge is 2.49. The smallest absolute Gasteiger partial charge is 0.378 e. The fourth-order valence-electron chi connectivity index (χ4n) is 3.87. The Morgan fingerprint density at radius 2 is 1.72 bits per heavy atom. The van der Waals surface area contributed by atoms with Crippen molar-refractivity contribution in [3.05, 3.63) is 40.0 Å². The Morgan fingerprint density at radius 1 is 1.09 bits per heavy atom. The van der Waals surface area contributed by atoms with Crippen molar-refractivity contribution >= 4 is 11.8 Å². The quantitative estimate of drug-likeness (QED) is 0.624. The van der Waals surface area contributed by atoms with Crippen molar-refractivity contribution < 1.29 is 22.3 Å². The topological polar surface area (TPSA) is 50.6 Å². The molecule has 1 aliphatic carbocycles. The Hall–Kier alpha value is -2.36. The molecule has 0 radical (unpaired) electrons. The molecule has 180 valence electrons. The molecule has 6 nitrogen and oxygen atoms in total. The van der Waals surface area contributed by atoms with Gasteiger partial charge in [-0.05, 0) is 19.4 Å². The number of hydrogen-bond donors (Lipinski definition) is 0. The van der Waals surface area contributed by atoms with Gasteiger partial charge in [0.25, 0.3) is 5.56 Å². The van der Waals surface area contributed by atoms with E-state index in [9.17, 15) is 22.4 Å². The predicted molar refractivity (Wildman–Crippen MR) is 118 cm³/mol. The summed E-state index contributed by atoms with van der Waals surface area (Å²) in [6.45, 7) is 11.3. The van der Waals surface area contributed by atoms with Gasteiger partial charge in [0.05, 0.1) is 19.3 Å². The summed E-state index contributed by atoms with van der Waals surface area (Å²) in [5.41, 5.74) is -0.239. The highest BCUT2D eigenvalue weighted by molar-refractivity contribution is 5.53. The van der Waals surface area contributed by atoms with Crippen LogP contribution < -0.4 is 15.4 Å². The minimum Gasteiger partial charge on any atom is -0.378 e. The molecule has 0 aromatic carbocycles. The van der Waals surface area contributed by atoms with Crippen molar-refractivity contribution in [1.82, 2.24) is 9.55 Å². The van der Waals surface area contributed by atoms with Gasteiger partial charge in [-0.3, -0.25) is 9.36 Å². The van der Waals surface area contributed by atoms with E-state index in [0.717, 1.165) is 4.90 Å². The Morgan fingerprint density at radius 3 is 2.22 bits per heavy atom. The summed E-state index contributed by atoms with van der Waals surface area (Å²) < 4.78 is 61.7. The molecule has 0 amide bonds. The minimum absolute atomic E-state index is 0.0735. The molecule has 1 aromatic heterocycles. The standard InChI is InChI=1S/C18H20F4N4O2.2C2H6/c1-11(12-2-3-13(12)19)26-14(18(20,21)22)4-5-25-16(27)10-15(23-17(25)26)24-6-8-28-9-7-24;2*1-2/h2-3,10-11,14H,4-9H2,1H3;2*1-2H3/t11?,14-;;/m0../s1. The van der Waals surface area contributed by atoms with E-state index in [4.69, 9.17) is 4.74 Å². The number of aromatic nitrogens is 2. The van der Waals surface area contributed by atoms with Crippen molar-refractivity contribution in [3.63, 3.8) is 0 Å². The second kappa shape index (κ2) is 11.0. The molecule has 4 rings (SSSR count). The van der Waals surface area contributed by atoms with Crippen LogP contribution >= 0.6 is 0 Å². The average Bonchev–Trinajstić information content (AvgIpc) is 2.79. The monoisotopic (exact) mass is 460 g/mol. The Kier molecular flexibility index (Phi) is 8.89. The van der Waals surface area contributed by atoms with Gasteiger partial charge in [-0.15, -0.1) is 0 Å². The van der Waals surface area contributed by atoms with Crippen molar-refractivity contribution in [3.8, 4) is 0 Å². The van der Waals surface area contributed by atoms with E-state index >= 15 is 0 Å². The molecule has 1 fully saturated rings. The number of nitrogens with zero attached hydrogens (tertiary/aromatic N) is 4. The lowest BCUT2D eigenvalue weighted by atomic mass is 9.96. The molecule has 1 unspecified atom stereocenters. The molecule has 1 aromatic rings. The summed E-state index contributed by atoms with van der Waals surface area (Å²) in [7, 11) is 0. The highest BCUT2D eigenvalue weighted by atomic mass is 19.4. The first-order valence-electron chi connectivity index (χ1n) is 11.1. The van der Waals surface area contributed by atoms with Gasteiger partial charge in [0, 0.05) is 31.3 Å². The van der Waals surface area contributed by atoms with Crippen molar-refractivity contribution in [2.75, 3.05) is 36.1 Å². The van der Waals surface area contributed by atoms with Crippen LogP contribution in [0.4, 0.5) is 29.3 Å². The van der Waals surface area contributed by atoms with Crippen LogP contribution in [0.1, 0.15) is 41.0 Å². The summed E-state index contributed by atoms with van der Waals surface area (Å²) in [6, 6.07) is -1.41. The molecule has 0 N–H and O–H groups in total. The number of fused-ring (bicyclic) bond motifs is 1. The van der Waals surface area contributed by atoms with E-state index in [1.54, 1.807) is 0 Å². The Balaban J connectivity index is 0.000000860. The van der Waals surface area contributed by atoms with Gasteiger partial charge >= 0.3 is 6.18 Å². The number of ether oxygens (including phenoxy) is 1. The molecule has 10 heteroatoms. The Bertz CT molecular complexity index is 889. The van der Waals surface area contributed by atoms with Crippen LogP contribution in [0.2, 0.25) is 0 Å². The first-order valence-corrected chi connectivity index (χ1v) is 11.1. The maximum atomic E-state index is 13.8. The van der Waals surface area contributed by atoms with E-state index in [1.165, 1.54) is 29.7 Å². The van der Waals surface area contributed by atoms with Crippen molar-refractivity contribution in [2.24, 2.45) is 0 Å². The van der Waals surface area contributed by atoms with Gasteiger partial charge in [0.2, 0.25) is 5.95 Å². The van der Waals surface area contributed by atoms with Crippen molar-refractivity contribution in [1.29, 1.82) is 0 Å². The Labute approximate surface area is 186 Å². The van der Waals surface area contributed by atoms with Gasteiger partial charge in [-0.2, -0.15) is 18.2 Å². The third-order valence-electron chi connectivity index (χ3n) is 5.43. The number of alkyl halides is 3. The predicted octanol–water partition coefficient (Wildman–Crippen LogP) is 4.46. The molecule has 0 bridgehead atoms. The zero-order valence-electron chi connectivity index (χ0n) is 19.2. The number of rotatable bonds is 3. The maximum Gasteiger partial charge on any atom is 0.408 e. The van der Waals surface area contributed by atoms with E-state index in [2.05, 4.69) is 4.98 Å². The second-order valence-corrected chi connectivity index (χ2v) is 7.07. The first-order chi connectivity index (χ1) is 15.3. The van der Waals surface area contributed by atoms with Gasteiger partial charge in [0.15, 0.2) is 0 Å². The van der Waals surface area contributed by atoms with E-state index in [1.807, 2.05) is 32.6 Å². The summed E-state index contributed by atoms with van der Waals surface area (Å²) in [6.07, 6.45) is -2.16. The van der Waals surface area contributed by atoms with Crippen LogP contribution in [-0.4, -0.2) is 54.1 Å². The molecular formula is C22H32F4N4O2. The molecule has 0 saturated carbocycles. The largest absolute Gasteiger partial charge is 0.408 e. The fraction of sp³-hybridized carbons (Fsp3) is 0.636. The van der Waals surface area contributed by atoms with Crippen molar-refractivity contribution in [2.45, 2.75) is 65.8 Å². The van der Waals surface area contributed by atoms with E-state index in [-0.39, 0.29) is 24.5 Å². The minimum atomic E-state index is -4.53. The molecular weight excluding hydrogens is 428 g/mol. The lowest BCUT2D eigenvalue weighted by molar-refractivity contribution is -0.153. The molecule has 3 heterocycles. The lowest BCUT2D eigenvalue weighted by Gasteiger charge is -2.43. The first kappa shape index (κ1) is 25.9. The molecule has 32 heavy (non-hydrogen) atoms. The van der Waals surface area contributed by atoms with Gasteiger partial charge in [0.1, 0.15) is 17.7 Å². The molecule has 3 aliphatic rings. The fourth-order valence-corrected chi connectivity index (χ4v) is 3.87. The third-order valence-corrected chi connectivity index (χ3v) is 5.43. The SMILES string of the molecule is CC.CC.CC(C1=C(F)C=C1)N1c2nc(N3CCOCC3)cc(=O)n2CC[C@H]1C(F)(F)F. The van der Waals surface area contributed by atoms with Gasteiger partial charge in [-0.1, -0.05) is 33.8 Å². The van der Waals surface area contributed by atoms with Crippen LogP contribution in [0, 0.1) is 0 Å². The highest BCUT2D eigenvalue weighted by Crippen LogP contribution is 2.38. The summed E-state index contributed by atoms with van der Waals surface area (Å²) in [4.78, 5) is 19.9. The number of hydrogen-bond acceptors (Lipinski definition) is 5. The van der Waals surface area contributed by atoms with Crippen LogP contribution in [0.5, 0.6) is 0 Å². The average molecular weight is 461 g/mol. The normalized spacial score (nSPS) is 21.0. The van der Waals surface area contributed by atoms with Crippen LogP contribution in [0.3, 0.4) is 0 Å². The molecule has 1 saturated heterocycles. The zero-order valence-corrected chi connectivity index (χ0v) is 19.2. The third kappa shape index (κ3) is 5.16. The number of halogens is 4. The van der Waals surface area contributed by atoms with Crippen LogP contribution in [-0.2, 0) is 11.3 Å². The van der Waals surface area contributed by atoms with Gasteiger partial charge < -0.3 is 14.5 Å². The number of anilines is 2. The molecule has 0 spiro atoms. The molecule has 2 atom stereocenters. The van der Waals surface area contributed by atoms with Gasteiger partial charge in [-0.25, -0.2) is 4.39 Å². The summed E-state index contributed by atoms with van der Waals surface area (Å²) in [5.74, 6) is -0.300. The zero-order chi connectivity index (χ0) is 24.1. The number of morpholine rings is 1. The van der Waals surface area contributed by atoms with Crippen LogP contribution in [0.25, 0.3) is 0 Å². The van der Waals surface area contributed by atoms with E-state index < -0.39 is 29.6 Å². The lowest BCUT2D eigenvalue weighted by Crippen LogP contribution is -2.56. The summed E-state index contributed by atoms with van der Waals surface area (Å²) >= 11 is 0. The number of allylic oxidation sites excluding steroid dienone is 2. The maximum absolute atomic E-state index is 13.8. The molecule has 2 aliphatic heterocycles. The van der Waals surface area contributed by atoms with Crippen LogP contribution in [0.15, 0.2) is 34.4 Å².